The molecule has 1 fully saturated rings. The number of piperidine rings is 1. The number of carbonyl (C=O) groups excluding carboxylic acids is 2. The van der Waals surface area contributed by atoms with Gasteiger partial charge in [-0.15, -0.1) is 24.5 Å². The molecule has 0 saturated carbocycles. The number of thiophene rings is 1. The van der Waals surface area contributed by atoms with Crippen molar-refractivity contribution in [2.45, 2.75) is 38.0 Å². The summed E-state index contributed by atoms with van der Waals surface area (Å²) in [6.07, 6.45) is 14.1. The molecule has 3 aromatic rings. The highest BCUT2D eigenvalue weighted by Gasteiger charge is 2.24. The summed E-state index contributed by atoms with van der Waals surface area (Å²) in [7, 11) is 0. The summed E-state index contributed by atoms with van der Waals surface area (Å²) in [5, 5.41) is 4.09. The Kier molecular flexibility index (Phi) is 8.42. The van der Waals surface area contributed by atoms with E-state index in [0.717, 1.165) is 65.7 Å². The molecule has 0 atom stereocenters. The molecule has 0 unspecified atom stereocenters. The number of amides is 2. The Labute approximate surface area is 210 Å². The van der Waals surface area contributed by atoms with Crippen LogP contribution in [0.25, 0.3) is 10.1 Å². The summed E-state index contributed by atoms with van der Waals surface area (Å²) in [6, 6.07) is 7.58. The molecule has 0 bridgehead atoms. The van der Waals surface area contributed by atoms with E-state index in [2.05, 4.69) is 28.4 Å². The lowest BCUT2D eigenvalue weighted by Gasteiger charge is -2.32. The average Bonchev–Trinajstić information content (AvgIpc) is 3.34. The number of unbranched alkanes of at least 4 members (excludes halogenated alkanes) is 1. The number of carbonyl (C=O) groups is 2. The van der Waals surface area contributed by atoms with Crippen LogP contribution in [0.1, 0.15) is 63.7 Å². The predicted octanol–water partition coefficient (Wildman–Crippen LogP) is 5.60. The van der Waals surface area contributed by atoms with E-state index in [9.17, 15) is 9.59 Å². The highest BCUT2D eigenvalue weighted by atomic mass is 32.1. The molecule has 2 amide bonds. The normalized spacial score (nSPS) is 14.3. The third-order valence-electron chi connectivity index (χ3n) is 6.67. The van der Waals surface area contributed by atoms with Crippen molar-refractivity contribution in [3.8, 4) is 0 Å². The van der Waals surface area contributed by atoms with Crippen molar-refractivity contribution in [3.63, 3.8) is 0 Å². The Morgan fingerprint density at radius 2 is 1.94 bits per heavy atom. The van der Waals surface area contributed by atoms with Crippen LogP contribution < -0.4 is 5.32 Å². The minimum atomic E-state index is -0.0100. The van der Waals surface area contributed by atoms with E-state index in [-0.39, 0.29) is 17.7 Å². The fourth-order valence-corrected chi connectivity index (χ4v) is 5.47. The van der Waals surface area contributed by atoms with Crippen molar-refractivity contribution < 1.29 is 9.59 Å². The number of likely N-dealkylation sites (tertiary alicyclic amines) is 1. The van der Waals surface area contributed by atoms with Crippen molar-refractivity contribution >= 4 is 33.2 Å². The van der Waals surface area contributed by atoms with Gasteiger partial charge in [-0.1, -0.05) is 31.1 Å². The van der Waals surface area contributed by atoms with E-state index in [1.165, 1.54) is 11.3 Å². The molecule has 3 aromatic heterocycles. The fraction of sp³-hybridized carbons (Fsp3) is 0.357. The summed E-state index contributed by atoms with van der Waals surface area (Å²) < 4.78 is 1.03. The maximum Gasteiger partial charge on any atom is 0.272 e. The highest BCUT2D eigenvalue weighted by Crippen LogP contribution is 2.25. The van der Waals surface area contributed by atoms with E-state index in [1.54, 1.807) is 24.7 Å². The van der Waals surface area contributed by atoms with Gasteiger partial charge >= 0.3 is 0 Å². The zero-order valence-electron chi connectivity index (χ0n) is 20.0. The maximum absolute atomic E-state index is 12.8. The number of fused-ring (bicyclic) bond motifs is 1. The average molecular weight is 489 g/mol. The van der Waals surface area contributed by atoms with Gasteiger partial charge in [0.25, 0.3) is 11.8 Å². The van der Waals surface area contributed by atoms with Gasteiger partial charge in [-0.05, 0) is 54.3 Å². The summed E-state index contributed by atoms with van der Waals surface area (Å²) in [5.74, 6) is 0.665. The third-order valence-corrected chi connectivity index (χ3v) is 7.76. The molecule has 6 nitrogen and oxygen atoms in total. The van der Waals surface area contributed by atoms with E-state index in [1.807, 2.05) is 35.3 Å². The summed E-state index contributed by atoms with van der Waals surface area (Å²) in [6.45, 7) is 9.85. The lowest BCUT2D eigenvalue weighted by Crippen LogP contribution is -2.38. The molecule has 182 valence electrons. The van der Waals surface area contributed by atoms with Gasteiger partial charge in [-0.3, -0.25) is 19.6 Å². The number of rotatable bonds is 10. The van der Waals surface area contributed by atoms with Crippen molar-refractivity contribution in [2.24, 2.45) is 5.92 Å². The summed E-state index contributed by atoms with van der Waals surface area (Å²) in [4.78, 5) is 36.4. The Morgan fingerprint density at radius 1 is 1.14 bits per heavy atom. The van der Waals surface area contributed by atoms with Crippen LogP contribution in [0.3, 0.4) is 0 Å². The first-order chi connectivity index (χ1) is 17.1. The standard InChI is InChI=1S/C28H32N4O2S/c1-3-21(4-2)23-8-9-24(31-18-23)28(34)32-15-11-20(12-16-32)7-5-6-13-30-27(33)25-17-22-10-14-29-19-26(22)35-25/h3-4,8-10,14,17-21H,1-2,5-7,11-13,15-16H2,(H,30,33). The van der Waals surface area contributed by atoms with Crippen molar-refractivity contribution in [3.05, 3.63) is 84.3 Å². The molecule has 1 aliphatic rings. The van der Waals surface area contributed by atoms with Gasteiger partial charge in [0.1, 0.15) is 5.69 Å². The molecule has 0 aromatic carbocycles. The second-order valence-electron chi connectivity index (χ2n) is 8.99. The van der Waals surface area contributed by atoms with E-state index < -0.39 is 0 Å². The van der Waals surface area contributed by atoms with Gasteiger partial charge in [0.05, 0.1) is 9.58 Å². The number of nitrogens with one attached hydrogen (secondary N) is 1. The molecule has 35 heavy (non-hydrogen) atoms. The number of nitrogens with zero attached hydrogens (tertiary/aromatic N) is 3. The monoisotopic (exact) mass is 488 g/mol. The minimum Gasteiger partial charge on any atom is -0.351 e. The van der Waals surface area contributed by atoms with Crippen LogP contribution in [0.5, 0.6) is 0 Å². The molecule has 4 heterocycles. The fourth-order valence-electron chi connectivity index (χ4n) is 4.53. The van der Waals surface area contributed by atoms with Crippen LogP contribution in [0, 0.1) is 5.92 Å². The number of hydrogen-bond donors (Lipinski definition) is 1. The van der Waals surface area contributed by atoms with Gasteiger partial charge in [-0.25, -0.2) is 0 Å². The molecular formula is C28H32N4O2S. The largest absolute Gasteiger partial charge is 0.351 e. The highest BCUT2D eigenvalue weighted by molar-refractivity contribution is 7.20. The third kappa shape index (κ3) is 6.22. The number of pyridine rings is 2. The van der Waals surface area contributed by atoms with Gasteiger partial charge in [0.2, 0.25) is 0 Å². The lowest BCUT2D eigenvalue weighted by atomic mass is 9.91. The molecule has 0 radical (unpaired) electrons. The zero-order chi connectivity index (χ0) is 24.6. The van der Waals surface area contributed by atoms with Crippen LogP contribution in [0.4, 0.5) is 0 Å². The number of hydrogen-bond acceptors (Lipinski definition) is 5. The summed E-state index contributed by atoms with van der Waals surface area (Å²) >= 11 is 1.48. The Bertz CT molecular complexity index is 1140. The lowest BCUT2D eigenvalue weighted by molar-refractivity contribution is 0.0680. The van der Waals surface area contributed by atoms with E-state index >= 15 is 0 Å². The van der Waals surface area contributed by atoms with Crippen molar-refractivity contribution in [1.82, 2.24) is 20.2 Å². The van der Waals surface area contributed by atoms with E-state index in [0.29, 0.717) is 18.2 Å². The van der Waals surface area contributed by atoms with Crippen LogP contribution in [-0.2, 0) is 0 Å². The molecule has 7 heteroatoms. The molecular weight excluding hydrogens is 456 g/mol. The van der Waals surface area contributed by atoms with Crippen LogP contribution in [0.2, 0.25) is 0 Å². The summed E-state index contributed by atoms with van der Waals surface area (Å²) in [5.41, 5.74) is 1.48. The van der Waals surface area contributed by atoms with Gasteiger partial charge < -0.3 is 10.2 Å². The smallest absolute Gasteiger partial charge is 0.272 e. The Morgan fingerprint density at radius 3 is 2.63 bits per heavy atom. The van der Waals surface area contributed by atoms with Gasteiger partial charge in [-0.2, -0.15) is 0 Å². The molecule has 1 N–H and O–H groups in total. The van der Waals surface area contributed by atoms with Crippen LogP contribution in [0.15, 0.2) is 68.2 Å². The minimum absolute atomic E-state index is 0.00323. The SMILES string of the molecule is C=CC(C=C)c1ccc(C(=O)N2CCC(CCCCNC(=O)c3cc4ccncc4s3)CC2)nc1. The number of aromatic nitrogens is 2. The van der Waals surface area contributed by atoms with Crippen LogP contribution >= 0.6 is 11.3 Å². The molecule has 4 rings (SSSR count). The Hall–Kier alpha value is -3.32. The molecule has 1 saturated heterocycles. The van der Waals surface area contributed by atoms with Gasteiger partial charge in [0.15, 0.2) is 0 Å². The van der Waals surface area contributed by atoms with Crippen LogP contribution in [-0.4, -0.2) is 46.3 Å². The second kappa shape index (κ2) is 11.9. The molecule has 0 aliphatic carbocycles. The molecule has 0 spiro atoms. The topological polar surface area (TPSA) is 75.2 Å². The zero-order valence-corrected chi connectivity index (χ0v) is 20.8. The second-order valence-corrected chi connectivity index (χ2v) is 10.1. The van der Waals surface area contributed by atoms with Gasteiger partial charge in [0, 0.05) is 44.1 Å². The maximum atomic E-state index is 12.8. The molecule has 1 aliphatic heterocycles. The first-order valence-electron chi connectivity index (χ1n) is 12.2. The van der Waals surface area contributed by atoms with E-state index in [4.69, 9.17) is 0 Å². The first kappa shape index (κ1) is 24.8. The quantitative estimate of drug-likeness (QED) is 0.298. The van der Waals surface area contributed by atoms with Crippen molar-refractivity contribution in [2.75, 3.05) is 19.6 Å². The predicted molar refractivity (Wildman–Crippen MR) is 142 cm³/mol. The first-order valence-corrected chi connectivity index (χ1v) is 13.0. The Balaban J connectivity index is 1.14. The number of allylic oxidation sites excluding steroid dienone is 2. The van der Waals surface area contributed by atoms with Crippen molar-refractivity contribution in [1.29, 1.82) is 0 Å².